The summed E-state index contributed by atoms with van der Waals surface area (Å²) in [6.45, 7) is 1.68. The van der Waals surface area contributed by atoms with Gasteiger partial charge in [-0.05, 0) is 37.8 Å². The third-order valence-corrected chi connectivity index (χ3v) is 4.57. The summed E-state index contributed by atoms with van der Waals surface area (Å²) in [5.41, 5.74) is -0.0295. The van der Waals surface area contributed by atoms with Crippen molar-refractivity contribution < 1.29 is 26.7 Å². The highest BCUT2D eigenvalue weighted by atomic mass is 32.2. The molecule has 1 saturated heterocycles. The van der Waals surface area contributed by atoms with Crippen molar-refractivity contribution in [2.75, 3.05) is 6.61 Å². The van der Waals surface area contributed by atoms with E-state index in [2.05, 4.69) is 0 Å². The molecule has 21 heavy (non-hydrogen) atoms. The average Bonchev–Trinajstić information content (AvgIpc) is 2.43. The lowest BCUT2D eigenvalue weighted by molar-refractivity contribution is -0.133. The quantitative estimate of drug-likeness (QED) is 0.919. The lowest BCUT2D eigenvalue weighted by Crippen LogP contribution is -2.41. The molecule has 1 atom stereocenters. The minimum absolute atomic E-state index is 0.0295. The molecule has 1 amide bonds. The number of hydrogen-bond donors (Lipinski definition) is 1. The fourth-order valence-electron chi connectivity index (χ4n) is 2.04. The van der Waals surface area contributed by atoms with Crippen LogP contribution in [0.5, 0.6) is 0 Å². The van der Waals surface area contributed by atoms with Gasteiger partial charge in [0.05, 0.1) is 0 Å². The fraction of sp³-hybridized carbons (Fsp3) is 0.462. The van der Waals surface area contributed by atoms with Crippen LogP contribution >= 0.6 is 0 Å². The first kappa shape index (κ1) is 15.8. The van der Waals surface area contributed by atoms with Crippen molar-refractivity contribution in [1.29, 1.82) is 0 Å². The molecule has 0 radical (unpaired) electrons. The first-order valence-corrected chi connectivity index (χ1v) is 7.93. The zero-order valence-corrected chi connectivity index (χ0v) is 12.2. The average molecular weight is 319 g/mol. The third-order valence-electron chi connectivity index (χ3n) is 3.21. The highest BCUT2D eigenvalue weighted by Gasteiger charge is 2.28. The molecule has 1 aromatic rings. The number of hydrogen-bond acceptors (Lipinski definition) is 4. The van der Waals surface area contributed by atoms with Gasteiger partial charge in [0, 0.05) is 12.7 Å². The van der Waals surface area contributed by atoms with E-state index >= 15 is 0 Å². The number of nitrogens with one attached hydrogen (secondary N) is 1. The first-order valence-electron chi connectivity index (χ1n) is 6.45. The van der Waals surface area contributed by atoms with Gasteiger partial charge in [-0.1, -0.05) is 0 Å². The van der Waals surface area contributed by atoms with Crippen LogP contribution in [0.15, 0.2) is 17.0 Å². The van der Waals surface area contributed by atoms with Crippen LogP contribution in [0.2, 0.25) is 0 Å². The van der Waals surface area contributed by atoms with Crippen molar-refractivity contribution >= 4 is 15.9 Å². The molecule has 2 rings (SSSR count). The van der Waals surface area contributed by atoms with Crippen LogP contribution in [0.4, 0.5) is 8.78 Å². The van der Waals surface area contributed by atoms with Gasteiger partial charge in [0.2, 0.25) is 0 Å². The Balaban J connectivity index is 2.22. The molecule has 1 fully saturated rings. The van der Waals surface area contributed by atoms with Gasteiger partial charge in [-0.25, -0.2) is 21.9 Å². The molecular formula is C13H15F2NO4S. The summed E-state index contributed by atoms with van der Waals surface area (Å²) < 4.78 is 57.8. The zero-order valence-electron chi connectivity index (χ0n) is 11.4. The number of amides is 1. The highest BCUT2D eigenvalue weighted by Crippen LogP contribution is 2.20. The summed E-state index contributed by atoms with van der Waals surface area (Å²) >= 11 is 0. The van der Waals surface area contributed by atoms with Gasteiger partial charge in [0.1, 0.15) is 22.6 Å². The summed E-state index contributed by atoms with van der Waals surface area (Å²) in [5, 5.41) is 0. The van der Waals surface area contributed by atoms with E-state index in [-0.39, 0.29) is 5.56 Å². The molecule has 0 saturated carbocycles. The molecule has 0 spiro atoms. The van der Waals surface area contributed by atoms with Gasteiger partial charge >= 0.3 is 0 Å². The third kappa shape index (κ3) is 3.56. The molecule has 1 unspecified atom stereocenters. The molecule has 1 heterocycles. The van der Waals surface area contributed by atoms with Crippen molar-refractivity contribution in [3.05, 3.63) is 29.3 Å². The Kier molecular flexibility index (Phi) is 4.58. The molecule has 8 heteroatoms. The Morgan fingerprint density at radius 1 is 1.29 bits per heavy atom. The summed E-state index contributed by atoms with van der Waals surface area (Å²) in [6.07, 6.45) is 1.11. The molecule has 0 aliphatic carbocycles. The van der Waals surface area contributed by atoms with Crippen molar-refractivity contribution in [3.63, 3.8) is 0 Å². The Hall–Kier alpha value is -1.54. The minimum Gasteiger partial charge on any atom is -0.368 e. The van der Waals surface area contributed by atoms with Crippen LogP contribution in [0.1, 0.15) is 24.8 Å². The summed E-state index contributed by atoms with van der Waals surface area (Å²) in [6, 6.07) is 1.33. The van der Waals surface area contributed by atoms with Crippen LogP contribution in [-0.4, -0.2) is 27.0 Å². The van der Waals surface area contributed by atoms with E-state index in [1.807, 2.05) is 0 Å². The first-order chi connectivity index (χ1) is 9.81. The number of halogens is 2. The van der Waals surface area contributed by atoms with Crippen molar-refractivity contribution in [3.8, 4) is 0 Å². The number of carbonyl (C=O) groups excluding carboxylic acids is 1. The topological polar surface area (TPSA) is 72.5 Å². The van der Waals surface area contributed by atoms with E-state index < -0.39 is 38.6 Å². The lowest BCUT2D eigenvalue weighted by atomic mass is 10.1. The largest absolute Gasteiger partial charge is 0.368 e. The lowest BCUT2D eigenvalue weighted by Gasteiger charge is -2.21. The van der Waals surface area contributed by atoms with Crippen molar-refractivity contribution in [2.45, 2.75) is 37.2 Å². The van der Waals surface area contributed by atoms with Gasteiger partial charge in [0.15, 0.2) is 0 Å². The van der Waals surface area contributed by atoms with Gasteiger partial charge in [-0.15, -0.1) is 0 Å². The van der Waals surface area contributed by atoms with Crippen LogP contribution in [0, 0.1) is 18.6 Å². The maximum Gasteiger partial charge on any atom is 0.267 e. The molecular weight excluding hydrogens is 304 g/mol. The van der Waals surface area contributed by atoms with Crippen molar-refractivity contribution in [1.82, 2.24) is 4.72 Å². The Morgan fingerprint density at radius 3 is 2.62 bits per heavy atom. The SMILES string of the molecule is Cc1cc(S(=O)(=O)NC(=O)C2CCCCO2)c(F)cc1F. The van der Waals surface area contributed by atoms with E-state index in [4.69, 9.17) is 4.74 Å². The number of rotatable bonds is 3. The smallest absolute Gasteiger partial charge is 0.267 e. The molecule has 5 nitrogen and oxygen atoms in total. The standard InChI is InChI=1S/C13H15F2NO4S/c1-8-6-12(10(15)7-9(8)14)21(18,19)16-13(17)11-4-2-3-5-20-11/h6-7,11H,2-5H2,1H3,(H,16,17). The second-order valence-corrected chi connectivity index (χ2v) is 6.51. The maximum absolute atomic E-state index is 13.6. The normalized spacial score (nSPS) is 19.3. The summed E-state index contributed by atoms with van der Waals surface area (Å²) in [7, 11) is -4.40. The van der Waals surface area contributed by atoms with Gasteiger partial charge in [0.25, 0.3) is 15.9 Å². The molecule has 1 aliphatic heterocycles. The second kappa shape index (κ2) is 6.07. The monoisotopic (exact) mass is 319 g/mol. The Morgan fingerprint density at radius 2 is 2.00 bits per heavy atom. The number of ether oxygens (including phenoxy) is 1. The van der Waals surface area contributed by atoms with Gasteiger partial charge < -0.3 is 4.74 Å². The number of sulfonamides is 1. The molecule has 0 aromatic heterocycles. The maximum atomic E-state index is 13.6. The van der Waals surface area contributed by atoms with E-state index in [0.717, 1.165) is 18.9 Å². The zero-order chi connectivity index (χ0) is 15.6. The Labute approximate surface area is 121 Å². The predicted molar refractivity (Wildman–Crippen MR) is 70.0 cm³/mol. The van der Waals surface area contributed by atoms with E-state index in [0.29, 0.717) is 19.1 Å². The fourth-order valence-corrected chi connectivity index (χ4v) is 3.19. The molecule has 0 bridgehead atoms. The van der Waals surface area contributed by atoms with Gasteiger partial charge in [-0.3, -0.25) is 4.79 Å². The van der Waals surface area contributed by atoms with E-state index in [9.17, 15) is 22.0 Å². The van der Waals surface area contributed by atoms with Crippen LogP contribution in [0.25, 0.3) is 0 Å². The predicted octanol–water partition coefficient (Wildman–Crippen LogP) is 1.65. The van der Waals surface area contributed by atoms with Crippen molar-refractivity contribution in [2.24, 2.45) is 0 Å². The van der Waals surface area contributed by atoms with E-state index in [1.54, 1.807) is 4.72 Å². The molecule has 1 aromatic carbocycles. The van der Waals surface area contributed by atoms with Gasteiger partial charge in [-0.2, -0.15) is 0 Å². The number of benzene rings is 1. The van der Waals surface area contributed by atoms with E-state index in [1.165, 1.54) is 6.92 Å². The molecule has 1 N–H and O–H groups in total. The number of aryl methyl sites for hydroxylation is 1. The Bertz CT molecular complexity index is 654. The summed E-state index contributed by atoms with van der Waals surface area (Å²) in [4.78, 5) is 11.1. The molecule has 1 aliphatic rings. The number of carbonyl (C=O) groups is 1. The summed E-state index contributed by atoms with van der Waals surface area (Å²) in [5.74, 6) is -2.94. The minimum atomic E-state index is -4.40. The van der Waals surface area contributed by atoms with Crippen LogP contribution in [0.3, 0.4) is 0 Å². The molecule has 116 valence electrons. The van der Waals surface area contributed by atoms with Crippen LogP contribution < -0.4 is 4.72 Å². The van der Waals surface area contributed by atoms with Crippen LogP contribution in [-0.2, 0) is 19.6 Å². The second-order valence-electron chi connectivity index (χ2n) is 4.86. The highest BCUT2D eigenvalue weighted by molar-refractivity contribution is 7.90.